The maximum atomic E-state index is 13.9. The smallest absolute Gasteiger partial charge is 0.324 e. The Balaban J connectivity index is 1.46. The Kier molecular flexibility index (Phi) is 8.52. The molecule has 0 radical (unpaired) electrons. The van der Waals surface area contributed by atoms with E-state index in [1.807, 2.05) is 59.5 Å². The Morgan fingerprint density at radius 2 is 1.54 bits per heavy atom. The topological polar surface area (TPSA) is 70.2 Å². The number of piperidine rings is 1. The van der Waals surface area contributed by atoms with Gasteiger partial charge in [-0.25, -0.2) is 4.79 Å². The van der Waals surface area contributed by atoms with Gasteiger partial charge in [0.05, 0.1) is 7.11 Å². The van der Waals surface area contributed by atoms with Gasteiger partial charge in [-0.15, -0.1) is 0 Å². The molecule has 4 rings (SSSR count). The molecule has 1 heterocycles. The molecule has 198 valence electrons. The van der Waals surface area contributed by atoms with E-state index < -0.39 is 5.41 Å². The summed E-state index contributed by atoms with van der Waals surface area (Å²) in [5.41, 5.74) is 0.941. The van der Waals surface area contributed by atoms with Crippen molar-refractivity contribution in [3.05, 3.63) is 54.6 Å². The highest BCUT2D eigenvalue weighted by Gasteiger charge is 2.43. The maximum absolute atomic E-state index is 13.9. The molecule has 3 amide bonds. The lowest BCUT2D eigenvalue weighted by Crippen LogP contribution is -2.52. The third kappa shape index (κ3) is 5.97. The van der Waals surface area contributed by atoms with Crippen LogP contribution in [0.25, 0.3) is 0 Å². The summed E-state index contributed by atoms with van der Waals surface area (Å²) in [5.74, 6) is 0.785. The molecule has 2 aromatic carbocycles. The van der Waals surface area contributed by atoms with Crippen LogP contribution in [-0.4, -0.2) is 55.9 Å². The standard InChI is InChI=1S/C30H39N3O4/c1-23(34)30(22-28(35)33(25-10-6-4-7-11-25)26-12-8-5-9-13-26)18-20-32(21-19-30)29(36)31(2)24-14-16-27(37-3)17-15-24/h4,6-7,10-11,14-17,26H,5,8-9,12-13,18-22H2,1-3H3. The van der Waals surface area contributed by atoms with Crippen molar-refractivity contribution in [2.75, 3.05) is 37.0 Å². The number of methoxy groups -OCH3 is 1. The molecule has 7 heteroatoms. The van der Waals surface area contributed by atoms with Gasteiger partial charge >= 0.3 is 6.03 Å². The number of hydrogen-bond acceptors (Lipinski definition) is 4. The number of benzene rings is 2. The van der Waals surface area contributed by atoms with Gasteiger partial charge in [0.1, 0.15) is 11.5 Å². The first-order chi connectivity index (χ1) is 17.8. The first-order valence-corrected chi connectivity index (χ1v) is 13.4. The molecule has 0 unspecified atom stereocenters. The predicted octanol–water partition coefficient (Wildman–Crippen LogP) is 5.68. The molecule has 0 bridgehead atoms. The number of amides is 3. The average molecular weight is 506 g/mol. The number of rotatable bonds is 7. The Morgan fingerprint density at radius 3 is 2.11 bits per heavy atom. The zero-order valence-electron chi connectivity index (χ0n) is 22.3. The monoisotopic (exact) mass is 505 g/mol. The summed E-state index contributed by atoms with van der Waals surface area (Å²) in [6, 6.07) is 17.3. The largest absolute Gasteiger partial charge is 0.497 e. The van der Waals surface area contributed by atoms with Crippen molar-refractivity contribution in [2.24, 2.45) is 5.41 Å². The zero-order valence-corrected chi connectivity index (χ0v) is 22.3. The number of para-hydroxylation sites is 1. The molecule has 1 aliphatic carbocycles. The summed E-state index contributed by atoms with van der Waals surface area (Å²) in [7, 11) is 3.36. The van der Waals surface area contributed by atoms with Crippen molar-refractivity contribution in [1.29, 1.82) is 0 Å². The number of hydrogen-bond donors (Lipinski definition) is 0. The molecule has 2 aromatic rings. The lowest BCUT2D eigenvalue weighted by Gasteiger charge is -2.42. The number of likely N-dealkylation sites (tertiary alicyclic amines) is 1. The van der Waals surface area contributed by atoms with E-state index in [9.17, 15) is 14.4 Å². The quantitative estimate of drug-likeness (QED) is 0.486. The van der Waals surface area contributed by atoms with E-state index in [1.165, 1.54) is 6.42 Å². The molecule has 1 saturated carbocycles. The number of urea groups is 1. The van der Waals surface area contributed by atoms with Crippen molar-refractivity contribution in [2.45, 2.75) is 64.3 Å². The first kappa shape index (κ1) is 26.7. The molecule has 7 nitrogen and oxygen atoms in total. The summed E-state index contributed by atoms with van der Waals surface area (Å²) < 4.78 is 5.21. The molecule has 1 saturated heterocycles. The van der Waals surface area contributed by atoms with E-state index >= 15 is 0 Å². The summed E-state index contributed by atoms with van der Waals surface area (Å²) in [6.07, 6.45) is 6.61. The zero-order chi connectivity index (χ0) is 26.4. The predicted molar refractivity (Wildman–Crippen MR) is 146 cm³/mol. The van der Waals surface area contributed by atoms with Gasteiger partial charge in [-0.2, -0.15) is 0 Å². The number of ether oxygens (including phenoxy) is 1. The fourth-order valence-electron chi connectivity index (χ4n) is 5.77. The van der Waals surface area contributed by atoms with E-state index in [1.54, 1.807) is 30.9 Å². The van der Waals surface area contributed by atoms with Gasteiger partial charge in [0, 0.05) is 49.4 Å². The van der Waals surface area contributed by atoms with Crippen molar-refractivity contribution in [1.82, 2.24) is 4.90 Å². The average Bonchev–Trinajstić information content (AvgIpc) is 2.94. The molecule has 0 spiro atoms. The number of carbonyl (C=O) groups excluding carboxylic acids is 3. The molecular weight excluding hydrogens is 466 g/mol. The van der Waals surface area contributed by atoms with Gasteiger partial charge in [0.2, 0.25) is 5.91 Å². The fourth-order valence-corrected chi connectivity index (χ4v) is 5.77. The molecule has 37 heavy (non-hydrogen) atoms. The minimum atomic E-state index is -0.742. The molecule has 0 N–H and O–H groups in total. The van der Waals surface area contributed by atoms with Crippen LogP contribution in [0.1, 0.15) is 58.3 Å². The highest BCUT2D eigenvalue weighted by Crippen LogP contribution is 2.39. The number of carbonyl (C=O) groups is 3. The minimum Gasteiger partial charge on any atom is -0.497 e. The van der Waals surface area contributed by atoms with E-state index in [0.29, 0.717) is 25.9 Å². The van der Waals surface area contributed by atoms with Crippen LogP contribution in [0, 0.1) is 5.41 Å². The van der Waals surface area contributed by atoms with Gasteiger partial charge in [0.25, 0.3) is 0 Å². The fraction of sp³-hybridized carbons (Fsp3) is 0.500. The molecule has 0 atom stereocenters. The van der Waals surface area contributed by atoms with Crippen LogP contribution in [0.15, 0.2) is 54.6 Å². The Labute approximate surface area is 220 Å². The molecule has 2 fully saturated rings. The van der Waals surface area contributed by atoms with E-state index in [-0.39, 0.29) is 30.2 Å². The summed E-state index contributed by atoms with van der Waals surface area (Å²) in [6.45, 7) is 2.49. The molecule has 2 aliphatic rings. The Hall–Kier alpha value is -3.35. The second-order valence-electron chi connectivity index (χ2n) is 10.4. The van der Waals surface area contributed by atoms with Crippen LogP contribution in [0.5, 0.6) is 5.75 Å². The Morgan fingerprint density at radius 1 is 0.919 bits per heavy atom. The van der Waals surface area contributed by atoms with Crippen LogP contribution in [-0.2, 0) is 9.59 Å². The highest BCUT2D eigenvalue weighted by atomic mass is 16.5. The van der Waals surface area contributed by atoms with Gasteiger partial charge in [-0.3, -0.25) is 14.5 Å². The van der Waals surface area contributed by atoms with E-state index in [2.05, 4.69) is 0 Å². The molecular formula is C30H39N3O4. The normalized spacial score (nSPS) is 17.6. The van der Waals surface area contributed by atoms with Crippen LogP contribution in [0.4, 0.5) is 16.2 Å². The van der Waals surface area contributed by atoms with Gasteiger partial charge in [0.15, 0.2) is 0 Å². The number of nitrogens with zero attached hydrogens (tertiary/aromatic N) is 3. The van der Waals surface area contributed by atoms with Crippen molar-refractivity contribution >= 4 is 29.1 Å². The Bertz CT molecular complexity index is 1070. The second-order valence-corrected chi connectivity index (χ2v) is 10.4. The number of Topliss-reactive ketones (excluding diaryl/α,β-unsaturated/α-hetero) is 1. The highest BCUT2D eigenvalue weighted by molar-refractivity contribution is 5.98. The third-order valence-corrected chi connectivity index (χ3v) is 8.22. The second kappa shape index (κ2) is 11.8. The number of anilines is 2. The van der Waals surface area contributed by atoms with Gasteiger partial charge in [-0.05, 0) is 69.0 Å². The SMILES string of the molecule is COc1ccc(N(C)C(=O)N2CCC(CC(=O)N(c3ccccc3)C3CCCCC3)(C(C)=O)CC2)cc1. The maximum Gasteiger partial charge on any atom is 0.324 e. The summed E-state index contributed by atoms with van der Waals surface area (Å²) in [4.78, 5) is 45.4. The first-order valence-electron chi connectivity index (χ1n) is 13.4. The minimum absolute atomic E-state index is 0.0171. The summed E-state index contributed by atoms with van der Waals surface area (Å²) >= 11 is 0. The van der Waals surface area contributed by atoms with Crippen LogP contribution in [0.2, 0.25) is 0 Å². The van der Waals surface area contributed by atoms with Gasteiger partial charge < -0.3 is 14.5 Å². The lowest BCUT2D eigenvalue weighted by molar-refractivity contribution is -0.135. The van der Waals surface area contributed by atoms with Crippen LogP contribution < -0.4 is 14.5 Å². The van der Waals surface area contributed by atoms with E-state index in [0.717, 1.165) is 42.8 Å². The molecule has 0 aromatic heterocycles. The molecule has 1 aliphatic heterocycles. The van der Waals surface area contributed by atoms with E-state index in [4.69, 9.17) is 4.74 Å². The summed E-state index contributed by atoms with van der Waals surface area (Å²) in [5, 5.41) is 0. The van der Waals surface area contributed by atoms with Crippen LogP contribution in [0.3, 0.4) is 0 Å². The van der Waals surface area contributed by atoms with Crippen LogP contribution >= 0.6 is 0 Å². The van der Waals surface area contributed by atoms with Crippen molar-refractivity contribution < 1.29 is 19.1 Å². The van der Waals surface area contributed by atoms with Gasteiger partial charge in [-0.1, -0.05) is 37.5 Å². The lowest BCUT2D eigenvalue weighted by atomic mass is 9.72. The number of ketones is 1. The van der Waals surface area contributed by atoms with Crippen molar-refractivity contribution in [3.8, 4) is 5.75 Å². The third-order valence-electron chi connectivity index (χ3n) is 8.22. The van der Waals surface area contributed by atoms with Crippen molar-refractivity contribution in [3.63, 3.8) is 0 Å².